The summed E-state index contributed by atoms with van der Waals surface area (Å²) in [6, 6.07) is 0. The molecule has 0 saturated heterocycles. The first-order chi connectivity index (χ1) is 8.63. The van der Waals surface area contributed by atoms with Crippen molar-refractivity contribution in [1.82, 2.24) is 0 Å². The van der Waals surface area contributed by atoms with E-state index in [9.17, 15) is 4.79 Å². The molecule has 0 aliphatic heterocycles. The molecular formula is C17H22O. The Hall–Kier alpha value is -1.37. The summed E-state index contributed by atoms with van der Waals surface area (Å²) in [4.78, 5) is 11.3. The molecule has 2 atom stereocenters. The topological polar surface area (TPSA) is 17.1 Å². The van der Waals surface area contributed by atoms with Crippen molar-refractivity contribution >= 4 is 5.78 Å². The van der Waals surface area contributed by atoms with Gasteiger partial charge in [0.2, 0.25) is 0 Å². The summed E-state index contributed by atoms with van der Waals surface area (Å²) >= 11 is 0. The molecule has 0 radical (unpaired) electrons. The number of hydrogen-bond acceptors (Lipinski definition) is 1. The number of ketones is 1. The Morgan fingerprint density at radius 2 is 2.11 bits per heavy atom. The van der Waals surface area contributed by atoms with Crippen molar-refractivity contribution in [3.8, 4) is 0 Å². The highest BCUT2D eigenvalue weighted by atomic mass is 16.1. The molecule has 0 saturated carbocycles. The maximum atomic E-state index is 11.3. The minimum Gasteiger partial charge on any atom is -0.295 e. The standard InChI is InChI=1S/C17H22O/c1-4-16-12(2)6-5-7-17(16)15-10-8-14(9-11-15)13(3)18/h6-10,15-16H,4-5,11H2,1-3H3. The Labute approximate surface area is 110 Å². The van der Waals surface area contributed by atoms with Gasteiger partial charge in [-0.15, -0.1) is 0 Å². The Morgan fingerprint density at radius 3 is 2.67 bits per heavy atom. The van der Waals surface area contributed by atoms with E-state index in [1.165, 1.54) is 12.0 Å². The number of Topliss-reactive ketones (excluding diaryl/α,β-unsaturated/α-hetero) is 1. The Kier molecular flexibility index (Phi) is 4.00. The average Bonchev–Trinajstić information content (AvgIpc) is 2.38. The third-order valence-electron chi connectivity index (χ3n) is 4.09. The minimum atomic E-state index is 0.172. The Bertz CT molecular complexity index is 460. The zero-order chi connectivity index (χ0) is 13.1. The molecule has 0 N–H and O–H groups in total. The summed E-state index contributed by atoms with van der Waals surface area (Å²) < 4.78 is 0. The van der Waals surface area contributed by atoms with E-state index in [2.05, 4.69) is 38.2 Å². The molecule has 0 heterocycles. The van der Waals surface area contributed by atoms with Crippen molar-refractivity contribution in [2.75, 3.05) is 0 Å². The monoisotopic (exact) mass is 242 g/mol. The zero-order valence-electron chi connectivity index (χ0n) is 11.6. The molecule has 2 unspecified atom stereocenters. The van der Waals surface area contributed by atoms with Gasteiger partial charge in [0.15, 0.2) is 5.78 Å². The van der Waals surface area contributed by atoms with Crippen LogP contribution in [0.15, 0.2) is 47.1 Å². The fourth-order valence-electron chi connectivity index (χ4n) is 3.02. The van der Waals surface area contributed by atoms with E-state index in [-0.39, 0.29) is 5.78 Å². The van der Waals surface area contributed by atoms with E-state index < -0.39 is 0 Å². The van der Waals surface area contributed by atoms with Crippen LogP contribution >= 0.6 is 0 Å². The molecule has 96 valence electrons. The minimum absolute atomic E-state index is 0.172. The molecule has 1 heteroatoms. The fraction of sp³-hybridized carbons (Fsp3) is 0.471. The van der Waals surface area contributed by atoms with Crippen LogP contribution in [0.3, 0.4) is 0 Å². The van der Waals surface area contributed by atoms with Gasteiger partial charge in [0, 0.05) is 17.4 Å². The first-order valence-corrected chi connectivity index (χ1v) is 6.89. The summed E-state index contributed by atoms with van der Waals surface area (Å²) in [5, 5.41) is 0. The van der Waals surface area contributed by atoms with Gasteiger partial charge in [0.1, 0.15) is 0 Å². The lowest BCUT2D eigenvalue weighted by Gasteiger charge is -2.29. The van der Waals surface area contributed by atoms with Crippen LogP contribution in [0.2, 0.25) is 0 Å². The first kappa shape index (κ1) is 13.1. The van der Waals surface area contributed by atoms with Crippen molar-refractivity contribution in [3.63, 3.8) is 0 Å². The van der Waals surface area contributed by atoms with Gasteiger partial charge in [0.05, 0.1) is 0 Å². The van der Waals surface area contributed by atoms with E-state index in [0.29, 0.717) is 11.8 Å². The molecule has 1 nitrogen and oxygen atoms in total. The quantitative estimate of drug-likeness (QED) is 0.671. The van der Waals surface area contributed by atoms with Crippen molar-refractivity contribution in [2.24, 2.45) is 11.8 Å². The highest BCUT2D eigenvalue weighted by molar-refractivity contribution is 5.96. The zero-order valence-corrected chi connectivity index (χ0v) is 11.6. The molecule has 0 bridgehead atoms. The number of rotatable bonds is 3. The lowest BCUT2D eigenvalue weighted by Crippen LogP contribution is -2.16. The molecule has 0 aromatic carbocycles. The van der Waals surface area contributed by atoms with Crippen LogP contribution in [0.1, 0.15) is 40.0 Å². The molecule has 18 heavy (non-hydrogen) atoms. The van der Waals surface area contributed by atoms with Gasteiger partial charge in [-0.25, -0.2) is 0 Å². The predicted molar refractivity (Wildman–Crippen MR) is 76.2 cm³/mol. The second kappa shape index (κ2) is 5.51. The average molecular weight is 242 g/mol. The van der Waals surface area contributed by atoms with Crippen molar-refractivity contribution in [1.29, 1.82) is 0 Å². The number of carbonyl (C=O) groups excluding carboxylic acids is 1. The van der Waals surface area contributed by atoms with Gasteiger partial charge in [0.25, 0.3) is 0 Å². The summed E-state index contributed by atoms with van der Waals surface area (Å²) in [6.45, 7) is 6.13. The maximum absolute atomic E-state index is 11.3. The van der Waals surface area contributed by atoms with Crippen molar-refractivity contribution < 1.29 is 4.79 Å². The molecule has 2 aliphatic rings. The summed E-state index contributed by atoms with van der Waals surface area (Å²) in [5.74, 6) is 1.26. The van der Waals surface area contributed by atoms with Gasteiger partial charge < -0.3 is 0 Å². The lowest BCUT2D eigenvalue weighted by atomic mass is 9.76. The van der Waals surface area contributed by atoms with Gasteiger partial charge >= 0.3 is 0 Å². The smallest absolute Gasteiger partial charge is 0.159 e. The molecule has 0 aromatic heterocycles. The van der Waals surface area contributed by atoms with Crippen molar-refractivity contribution in [3.05, 3.63) is 47.1 Å². The van der Waals surface area contributed by atoms with E-state index in [4.69, 9.17) is 0 Å². The SMILES string of the molecule is CCC1C(C)=CCC=C1C1C=CC(C(C)=O)=CC1. The van der Waals surface area contributed by atoms with Crippen LogP contribution in [0.5, 0.6) is 0 Å². The highest BCUT2D eigenvalue weighted by Crippen LogP contribution is 2.37. The van der Waals surface area contributed by atoms with Gasteiger partial charge in [-0.2, -0.15) is 0 Å². The van der Waals surface area contributed by atoms with Gasteiger partial charge in [-0.1, -0.05) is 48.5 Å². The molecule has 0 fully saturated rings. The third-order valence-corrected chi connectivity index (χ3v) is 4.09. The first-order valence-electron chi connectivity index (χ1n) is 6.89. The highest BCUT2D eigenvalue weighted by Gasteiger charge is 2.23. The van der Waals surface area contributed by atoms with E-state index in [1.54, 1.807) is 12.5 Å². The number of carbonyl (C=O) groups is 1. The van der Waals surface area contributed by atoms with E-state index in [0.717, 1.165) is 18.4 Å². The third kappa shape index (κ3) is 2.55. The lowest BCUT2D eigenvalue weighted by molar-refractivity contribution is -0.113. The molecule has 0 amide bonds. The largest absolute Gasteiger partial charge is 0.295 e. The Balaban J connectivity index is 2.13. The van der Waals surface area contributed by atoms with Crippen LogP contribution < -0.4 is 0 Å². The fourth-order valence-corrected chi connectivity index (χ4v) is 3.02. The van der Waals surface area contributed by atoms with Crippen LogP contribution in [0.4, 0.5) is 0 Å². The van der Waals surface area contributed by atoms with Crippen molar-refractivity contribution in [2.45, 2.75) is 40.0 Å². The molecule has 0 spiro atoms. The summed E-state index contributed by atoms with van der Waals surface area (Å²) in [6.07, 6.45) is 14.2. The predicted octanol–water partition coefficient (Wildman–Crippen LogP) is 4.38. The molecular weight excluding hydrogens is 220 g/mol. The molecule has 2 aliphatic carbocycles. The molecule has 2 rings (SSSR count). The van der Waals surface area contributed by atoms with Crippen LogP contribution in [-0.4, -0.2) is 5.78 Å². The second-order valence-electron chi connectivity index (χ2n) is 5.27. The second-order valence-corrected chi connectivity index (χ2v) is 5.27. The van der Waals surface area contributed by atoms with E-state index >= 15 is 0 Å². The van der Waals surface area contributed by atoms with Crippen LogP contribution in [0.25, 0.3) is 0 Å². The van der Waals surface area contributed by atoms with Crippen LogP contribution in [0, 0.1) is 11.8 Å². The summed E-state index contributed by atoms with van der Waals surface area (Å²) in [7, 11) is 0. The molecule has 0 aromatic rings. The van der Waals surface area contributed by atoms with Gasteiger partial charge in [-0.3, -0.25) is 4.79 Å². The number of hydrogen-bond donors (Lipinski definition) is 0. The van der Waals surface area contributed by atoms with E-state index in [1.807, 2.05) is 6.08 Å². The normalized spacial score (nSPS) is 27.4. The maximum Gasteiger partial charge on any atom is 0.159 e. The number of allylic oxidation sites excluding steroid dienone is 8. The van der Waals surface area contributed by atoms with Crippen LogP contribution in [-0.2, 0) is 4.79 Å². The van der Waals surface area contributed by atoms with Gasteiger partial charge in [-0.05, 0) is 33.1 Å². The Morgan fingerprint density at radius 1 is 1.33 bits per heavy atom. The summed E-state index contributed by atoms with van der Waals surface area (Å²) in [5.41, 5.74) is 3.92.